The molecule has 1 unspecified atom stereocenters. The highest BCUT2D eigenvalue weighted by Gasteiger charge is 2.08. The first-order valence-corrected chi connectivity index (χ1v) is 7.96. The summed E-state index contributed by atoms with van der Waals surface area (Å²) in [4.78, 5) is 2.73. The molecule has 0 spiro atoms. The van der Waals surface area contributed by atoms with Crippen molar-refractivity contribution >= 4 is 11.3 Å². The molecule has 0 aliphatic rings. The van der Waals surface area contributed by atoms with Crippen molar-refractivity contribution in [1.29, 1.82) is 0 Å². The molecule has 0 fully saturated rings. The van der Waals surface area contributed by atoms with Crippen LogP contribution in [0.4, 0.5) is 0 Å². The Morgan fingerprint density at radius 1 is 1.05 bits per heavy atom. The van der Waals surface area contributed by atoms with Crippen LogP contribution in [0.15, 0.2) is 36.4 Å². The van der Waals surface area contributed by atoms with Crippen molar-refractivity contribution in [3.63, 3.8) is 0 Å². The lowest BCUT2D eigenvalue weighted by Crippen LogP contribution is -2.21. The molecule has 0 aliphatic carbocycles. The second-order valence-electron chi connectivity index (χ2n) is 4.95. The van der Waals surface area contributed by atoms with Crippen LogP contribution < -0.4 is 5.32 Å². The maximum absolute atomic E-state index is 3.60. The maximum atomic E-state index is 3.60. The van der Waals surface area contributed by atoms with Gasteiger partial charge in [-0.3, -0.25) is 0 Å². The fraction of sp³-hybridized carbons (Fsp3) is 0.412. The molecule has 2 rings (SSSR count). The fourth-order valence-corrected chi connectivity index (χ4v) is 3.16. The van der Waals surface area contributed by atoms with Crippen LogP contribution in [0.25, 0.3) is 10.4 Å². The van der Waals surface area contributed by atoms with Crippen LogP contribution in [0.2, 0.25) is 0 Å². The Balaban J connectivity index is 2.13. The van der Waals surface area contributed by atoms with E-state index in [1.807, 2.05) is 11.3 Å². The first-order chi connectivity index (χ1) is 9.24. The zero-order valence-electron chi connectivity index (χ0n) is 12.1. The van der Waals surface area contributed by atoms with Crippen LogP contribution in [0.3, 0.4) is 0 Å². The lowest BCUT2D eigenvalue weighted by molar-refractivity contribution is 0.518. The third kappa shape index (κ3) is 3.68. The summed E-state index contributed by atoms with van der Waals surface area (Å²) in [6.45, 7) is 7.69. The van der Waals surface area contributed by atoms with Crippen molar-refractivity contribution in [2.75, 3.05) is 6.54 Å². The standard InChI is InChI=1S/C17H23NS/c1-4-12-18-16(5-2)14-7-9-15(10-8-14)17-11-6-13(3)19-17/h6-11,16,18H,4-5,12H2,1-3H3. The molecule has 0 saturated heterocycles. The Morgan fingerprint density at radius 3 is 2.32 bits per heavy atom. The summed E-state index contributed by atoms with van der Waals surface area (Å²) >= 11 is 1.86. The molecule has 1 aromatic carbocycles. The zero-order valence-corrected chi connectivity index (χ0v) is 12.9. The molecule has 1 N–H and O–H groups in total. The number of aryl methyl sites for hydroxylation is 1. The van der Waals surface area contributed by atoms with Gasteiger partial charge in [-0.2, -0.15) is 0 Å². The van der Waals surface area contributed by atoms with E-state index in [4.69, 9.17) is 0 Å². The Bertz CT molecular complexity index is 498. The second-order valence-corrected chi connectivity index (χ2v) is 6.24. The third-order valence-electron chi connectivity index (χ3n) is 3.39. The van der Waals surface area contributed by atoms with Crippen molar-refractivity contribution in [2.45, 2.75) is 39.7 Å². The molecule has 1 nitrogen and oxygen atoms in total. The van der Waals surface area contributed by atoms with Gasteiger partial charge in [0.05, 0.1) is 0 Å². The highest BCUT2D eigenvalue weighted by molar-refractivity contribution is 7.15. The average Bonchev–Trinajstić information content (AvgIpc) is 2.87. The maximum Gasteiger partial charge on any atom is 0.0345 e. The lowest BCUT2D eigenvalue weighted by atomic mass is 10.0. The van der Waals surface area contributed by atoms with Crippen LogP contribution >= 0.6 is 11.3 Å². The second kappa shape index (κ2) is 6.88. The fourth-order valence-electron chi connectivity index (χ4n) is 2.29. The molecule has 102 valence electrons. The minimum Gasteiger partial charge on any atom is -0.310 e. The largest absolute Gasteiger partial charge is 0.310 e. The Hall–Kier alpha value is -1.12. The molecule has 2 aromatic rings. The van der Waals surface area contributed by atoms with Crippen LogP contribution in [-0.4, -0.2) is 6.54 Å². The predicted molar refractivity (Wildman–Crippen MR) is 85.8 cm³/mol. The predicted octanol–water partition coefficient (Wildman–Crippen LogP) is 5.17. The van der Waals surface area contributed by atoms with Gasteiger partial charge >= 0.3 is 0 Å². The number of rotatable bonds is 6. The van der Waals surface area contributed by atoms with Gasteiger partial charge in [-0.1, -0.05) is 38.1 Å². The number of hydrogen-bond acceptors (Lipinski definition) is 2. The van der Waals surface area contributed by atoms with E-state index in [1.54, 1.807) is 0 Å². The van der Waals surface area contributed by atoms with Gasteiger partial charge < -0.3 is 5.32 Å². The molecule has 0 amide bonds. The summed E-state index contributed by atoms with van der Waals surface area (Å²) < 4.78 is 0. The monoisotopic (exact) mass is 273 g/mol. The van der Waals surface area contributed by atoms with Gasteiger partial charge in [0, 0.05) is 15.8 Å². The van der Waals surface area contributed by atoms with Crippen LogP contribution in [0.5, 0.6) is 0 Å². The van der Waals surface area contributed by atoms with Gasteiger partial charge in [0.2, 0.25) is 0 Å². The Labute approximate surface area is 120 Å². The molecule has 0 saturated carbocycles. The molecule has 0 aliphatic heterocycles. The smallest absolute Gasteiger partial charge is 0.0345 e. The van der Waals surface area contributed by atoms with E-state index in [2.05, 4.69) is 62.5 Å². The van der Waals surface area contributed by atoms with E-state index in [0.717, 1.165) is 13.0 Å². The van der Waals surface area contributed by atoms with E-state index in [1.165, 1.54) is 27.3 Å². The number of benzene rings is 1. The number of thiophene rings is 1. The van der Waals surface area contributed by atoms with Gasteiger partial charge in [0.25, 0.3) is 0 Å². The normalized spacial score (nSPS) is 12.6. The minimum atomic E-state index is 0.485. The molecule has 1 aromatic heterocycles. The highest BCUT2D eigenvalue weighted by atomic mass is 32.1. The third-order valence-corrected chi connectivity index (χ3v) is 4.44. The lowest BCUT2D eigenvalue weighted by Gasteiger charge is -2.17. The molecule has 0 radical (unpaired) electrons. The van der Waals surface area contributed by atoms with Crippen LogP contribution in [-0.2, 0) is 0 Å². The molecular weight excluding hydrogens is 250 g/mol. The number of hydrogen-bond donors (Lipinski definition) is 1. The zero-order chi connectivity index (χ0) is 13.7. The van der Waals surface area contributed by atoms with Gasteiger partial charge in [0.15, 0.2) is 0 Å². The van der Waals surface area contributed by atoms with Crippen molar-refractivity contribution in [2.24, 2.45) is 0 Å². The summed E-state index contributed by atoms with van der Waals surface area (Å²) in [5.41, 5.74) is 2.72. The molecule has 0 bridgehead atoms. The Kier molecular flexibility index (Phi) is 5.17. The summed E-state index contributed by atoms with van der Waals surface area (Å²) in [7, 11) is 0. The summed E-state index contributed by atoms with van der Waals surface area (Å²) in [5.74, 6) is 0. The van der Waals surface area contributed by atoms with Crippen molar-refractivity contribution in [3.8, 4) is 10.4 Å². The van der Waals surface area contributed by atoms with Crippen LogP contribution in [0.1, 0.15) is 43.2 Å². The molecular formula is C17H23NS. The van der Waals surface area contributed by atoms with E-state index in [0.29, 0.717) is 6.04 Å². The summed E-state index contributed by atoms with van der Waals surface area (Å²) in [6.07, 6.45) is 2.32. The molecule has 19 heavy (non-hydrogen) atoms. The van der Waals surface area contributed by atoms with E-state index in [9.17, 15) is 0 Å². The van der Waals surface area contributed by atoms with Crippen molar-refractivity contribution in [1.82, 2.24) is 5.32 Å². The van der Waals surface area contributed by atoms with E-state index < -0.39 is 0 Å². The van der Waals surface area contributed by atoms with Crippen molar-refractivity contribution < 1.29 is 0 Å². The quantitative estimate of drug-likeness (QED) is 0.765. The Morgan fingerprint density at radius 2 is 1.79 bits per heavy atom. The highest BCUT2D eigenvalue weighted by Crippen LogP contribution is 2.29. The van der Waals surface area contributed by atoms with Gasteiger partial charge in [-0.25, -0.2) is 0 Å². The van der Waals surface area contributed by atoms with Gasteiger partial charge in [-0.05, 0) is 49.6 Å². The topological polar surface area (TPSA) is 12.0 Å². The van der Waals surface area contributed by atoms with Crippen molar-refractivity contribution in [3.05, 3.63) is 46.8 Å². The molecule has 2 heteroatoms. The molecule has 1 heterocycles. The minimum absolute atomic E-state index is 0.485. The first-order valence-electron chi connectivity index (χ1n) is 7.14. The van der Waals surface area contributed by atoms with E-state index in [-0.39, 0.29) is 0 Å². The van der Waals surface area contributed by atoms with E-state index >= 15 is 0 Å². The summed E-state index contributed by atoms with van der Waals surface area (Å²) in [6, 6.07) is 13.9. The average molecular weight is 273 g/mol. The summed E-state index contributed by atoms with van der Waals surface area (Å²) in [5, 5.41) is 3.60. The van der Waals surface area contributed by atoms with Gasteiger partial charge in [-0.15, -0.1) is 11.3 Å². The SMILES string of the molecule is CCCNC(CC)c1ccc(-c2ccc(C)s2)cc1. The van der Waals surface area contributed by atoms with Gasteiger partial charge in [0.1, 0.15) is 0 Å². The number of nitrogens with one attached hydrogen (secondary N) is 1. The molecule has 1 atom stereocenters. The first kappa shape index (κ1) is 14.3. The van der Waals surface area contributed by atoms with Crippen LogP contribution in [0, 0.1) is 6.92 Å².